The van der Waals surface area contributed by atoms with Crippen molar-refractivity contribution in [1.29, 1.82) is 0 Å². The van der Waals surface area contributed by atoms with Gasteiger partial charge in [-0.1, -0.05) is 0 Å². The van der Waals surface area contributed by atoms with Gasteiger partial charge in [-0.05, 0) is 13.8 Å². The fraction of sp³-hybridized carbons (Fsp3) is 0.250. The van der Waals surface area contributed by atoms with Gasteiger partial charge in [0.15, 0.2) is 0 Å². The molecule has 0 saturated heterocycles. The van der Waals surface area contributed by atoms with E-state index in [0.717, 1.165) is 0 Å². The number of carbonyl (C=O) groups is 2. The Balaban J connectivity index is 3.32. The molecule has 12 heavy (non-hydrogen) atoms. The number of nitrogens with two attached hydrogens (primary N) is 2. The first kappa shape index (κ1) is 8.52. The van der Waals surface area contributed by atoms with Crippen LogP contribution in [0.15, 0.2) is 22.5 Å². The van der Waals surface area contributed by atoms with Crippen LogP contribution in [-0.2, 0) is 9.59 Å². The molecule has 1 rings (SSSR count). The third-order valence-electron chi connectivity index (χ3n) is 2.02. The summed E-state index contributed by atoms with van der Waals surface area (Å²) in [4.78, 5) is 22.4. The summed E-state index contributed by atoms with van der Waals surface area (Å²) in [6.07, 6.45) is 0. The molecule has 1 aliphatic carbocycles. The Bertz CT molecular complexity index is 275. The summed E-state index contributed by atoms with van der Waals surface area (Å²) < 4.78 is 0. The van der Waals surface area contributed by atoms with Crippen molar-refractivity contribution in [2.24, 2.45) is 11.5 Å². The summed E-state index contributed by atoms with van der Waals surface area (Å²) in [6, 6.07) is 0. The van der Waals surface area contributed by atoms with Crippen molar-refractivity contribution >= 4 is 11.6 Å². The Morgan fingerprint density at radius 3 is 1.33 bits per heavy atom. The molecular formula is C8H10N2O2. The van der Waals surface area contributed by atoms with Gasteiger partial charge in [0.25, 0.3) is 0 Å². The van der Waals surface area contributed by atoms with Gasteiger partial charge in [-0.3, -0.25) is 9.59 Å². The fourth-order valence-corrected chi connectivity index (χ4v) is 0.989. The van der Waals surface area contributed by atoms with Gasteiger partial charge in [0.2, 0.25) is 11.6 Å². The van der Waals surface area contributed by atoms with Crippen molar-refractivity contribution in [3.63, 3.8) is 0 Å². The Morgan fingerprint density at radius 1 is 0.833 bits per heavy atom. The van der Waals surface area contributed by atoms with E-state index in [-0.39, 0.29) is 23.0 Å². The summed E-state index contributed by atoms with van der Waals surface area (Å²) in [6.45, 7) is 3.13. The van der Waals surface area contributed by atoms with E-state index >= 15 is 0 Å². The van der Waals surface area contributed by atoms with Crippen molar-refractivity contribution < 1.29 is 9.59 Å². The van der Waals surface area contributed by atoms with E-state index in [9.17, 15) is 9.59 Å². The Labute approximate surface area is 69.9 Å². The molecular weight excluding hydrogens is 156 g/mol. The van der Waals surface area contributed by atoms with E-state index < -0.39 is 0 Å². The maximum atomic E-state index is 11.2. The molecule has 0 saturated carbocycles. The lowest BCUT2D eigenvalue weighted by molar-refractivity contribution is -0.116. The van der Waals surface area contributed by atoms with Gasteiger partial charge in [-0.2, -0.15) is 0 Å². The van der Waals surface area contributed by atoms with Gasteiger partial charge >= 0.3 is 0 Å². The number of hydrogen-bond acceptors (Lipinski definition) is 4. The highest BCUT2D eigenvalue weighted by molar-refractivity contribution is 6.23. The molecule has 0 fully saturated rings. The van der Waals surface area contributed by atoms with E-state index in [1.807, 2.05) is 0 Å². The molecule has 0 spiro atoms. The van der Waals surface area contributed by atoms with Crippen LogP contribution in [0.3, 0.4) is 0 Å². The summed E-state index contributed by atoms with van der Waals surface area (Å²) in [5.74, 6) is -0.686. The number of hydrogen-bond donors (Lipinski definition) is 2. The third-order valence-corrected chi connectivity index (χ3v) is 2.02. The monoisotopic (exact) mass is 166 g/mol. The molecule has 0 bridgehead atoms. The molecule has 0 aromatic heterocycles. The molecule has 0 unspecified atom stereocenters. The molecule has 4 heteroatoms. The second kappa shape index (κ2) is 2.48. The van der Waals surface area contributed by atoms with E-state index in [1.165, 1.54) is 0 Å². The van der Waals surface area contributed by atoms with Crippen LogP contribution in [0.5, 0.6) is 0 Å². The SMILES string of the molecule is CC1=C(C)C(=O)C(N)=C(N)C1=O. The van der Waals surface area contributed by atoms with Crippen LogP contribution in [0, 0.1) is 0 Å². The lowest BCUT2D eigenvalue weighted by Crippen LogP contribution is -2.30. The molecule has 64 valence electrons. The van der Waals surface area contributed by atoms with Crippen molar-refractivity contribution in [2.75, 3.05) is 0 Å². The van der Waals surface area contributed by atoms with Gasteiger partial charge in [-0.25, -0.2) is 0 Å². The molecule has 0 atom stereocenters. The highest BCUT2D eigenvalue weighted by atomic mass is 16.1. The minimum Gasteiger partial charge on any atom is -0.394 e. The second-order valence-corrected chi connectivity index (χ2v) is 2.74. The van der Waals surface area contributed by atoms with Crippen LogP contribution in [0.4, 0.5) is 0 Å². The molecule has 0 heterocycles. The topological polar surface area (TPSA) is 86.2 Å². The number of ketones is 2. The first-order chi connectivity index (χ1) is 5.46. The largest absolute Gasteiger partial charge is 0.394 e. The minimum absolute atomic E-state index is 0.136. The van der Waals surface area contributed by atoms with Crippen LogP contribution in [0.2, 0.25) is 0 Å². The lowest BCUT2D eigenvalue weighted by Gasteiger charge is -2.14. The first-order valence-electron chi connectivity index (χ1n) is 3.49. The number of allylic oxidation sites excluding steroid dienone is 2. The third kappa shape index (κ3) is 0.922. The summed E-state index contributed by atoms with van der Waals surface area (Å²) in [5, 5.41) is 0. The summed E-state index contributed by atoms with van der Waals surface area (Å²) in [7, 11) is 0. The molecule has 0 aromatic rings. The quantitative estimate of drug-likeness (QED) is 0.479. The van der Waals surface area contributed by atoms with Crippen LogP contribution < -0.4 is 11.5 Å². The number of Topliss-reactive ketones (excluding diaryl/α,β-unsaturated/α-hetero) is 2. The predicted molar refractivity (Wildman–Crippen MR) is 43.8 cm³/mol. The standard InChI is InChI=1S/C8H10N2O2/c1-3-4(2)8(12)6(10)5(9)7(3)11/h9-10H2,1-2H3. The average Bonchev–Trinajstić information content (AvgIpc) is 2.08. The van der Waals surface area contributed by atoms with E-state index in [2.05, 4.69) is 0 Å². The molecule has 0 aromatic carbocycles. The molecule has 4 N–H and O–H groups in total. The second-order valence-electron chi connectivity index (χ2n) is 2.74. The normalized spacial score (nSPS) is 19.2. The number of rotatable bonds is 0. The van der Waals surface area contributed by atoms with Crippen molar-refractivity contribution in [1.82, 2.24) is 0 Å². The Hall–Kier alpha value is -1.58. The smallest absolute Gasteiger partial charge is 0.207 e. The van der Waals surface area contributed by atoms with Gasteiger partial charge in [0.05, 0.1) is 0 Å². The van der Waals surface area contributed by atoms with Crippen LogP contribution >= 0.6 is 0 Å². The van der Waals surface area contributed by atoms with Crippen LogP contribution in [0.1, 0.15) is 13.8 Å². The minimum atomic E-state index is -0.343. The lowest BCUT2D eigenvalue weighted by atomic mass is 9.93. The van der Waals surface area contributed by atoms with Gasteiger partial charge < -0.3 is 11.5 Å². The summed E-state index contributed by atoms with van der Waals surface area (Å²) in [5.41, 5.74) is 11.1. The van der Waals surface area contributed by atoms with Gasteiger partial charge in [-0.15, -0.1) is 0 Å². The Morgan fingerprint density at radius 2 is 1.08 bits per heavy atom. The van der Waals surface area contributed by atoms with Crippen LogP contribution in [-0.4, -0.2) is 11.6 Å². The molecule has 0 amide bonds. The average molecular weight is 166 g/mol. The molecule has 1 aliphatic rings. The van der Waals surface area contributed by atoms with E-state index in [4.69, 9.17) is 11.5 Å². The highest BCUT2D eigenvalue weighted by Crippen LogP contribution is 2.18. The Kier molecular flexibility index (Phi) is 1.76. The van der Waals surface area contributed by atoms with Crippen molar-refractivity contribution in [3.05, 3.63) is 22.5 Å². The first-order valence-corrected chi connectivity index (χ1v) is 3.49. The fourth-order valence-electron chi connectivity index (χ4n) is 0.989. The van der Waals surface area contributed by atoms with Gasteiger partial charge in [0.1, 0.15) is 11.4 Å². The maximum absolute atomic E-state index is 11.2. The maximum Gasteiger partial charge on any atom is 0.207 e. The zero-order valence-corrected chi connectivity index (χ0v) is 6.97. The van der Waals surface area contributed by atoms with Gasteiger partial charge in [0, 0.05) is 11.1 Å². The van der Waals surface area contributed by atoms with Crippen LogP contribution in [0.25, 0.3) is 0 Å². The molecule has 0 radical (unpaired) electrons. The summed E-state index contributed by atoms with van der Waals surface area (Å²) >= 11 is 0. The zero-order chi connectivity index (χ0) is 9.46. The number of carbonyl (C=O) groups excluding carboxylic acids is 2. The highest BCUT2D eigenvalue weighted by Gasteiger charge is 2.26. The zero-order valence-electron chi connectivity index (χ0n) is 6.97. The van der Waals surface area contributed by atoms with Crippen molar-refractivity contribution in [3.8, 4) is 0 Å². The molecule has 4 nitrogen and oxygen atoms in total. The predicted octanol–water partition coefficient (Wildman–Crippen LogP) is -0.396. The van der Waals surface area contributed by atoms with E-state index in [0.29, 0.717) is 11.1 Å². The molecule has 0 aliphatic heterocycles. The van der Waals surface area contributed by atoms with E-state index in [1.54, 1.807) is 13.8 Å². The van der Waals surface area contributed by atoms with Crippen molar-refractivity contribution in [2.45, 2.75) is 13.8 Å².